The first-order valence-corrected chi connectivity index (χ1v) is 5.33. The van der Waals surface area contributed by atoms with Crippen LogP contribution in [0, 0.1) is 21.4 Å². The molecule has 2 unspecified atom stereocenters. The Labute approximate surface area is 103 Å². The zero-order valence-corrected chi connectivity index (χ0v) is 9.35. The molecule has 1 aromatic carbocycles. The Morgan fingerprint density at radius 1 is 1.39 bits per heavy atom. The summed E-state index contributed by atoms with van der Waals surface area (Å²) in [6, 6.07) is 6.18. The smallest absolute Gasteiger partial charge is 0.310 e. The monoisotopic (exact) mass is 249 g/mol. The molecule has 0 aliphatic carbocycles. The second-order valence-corrected chi connectivity index (χ2v) is 4.08. The number of nitrogens with zero attached hydrogens (tertiary/aromatic N) is 3. The Morgan fingerprint density at radius 2 is 2.00 bits per heavy atom. The summed E-state index contributed by atoms with van der Waals surface area (Å²) in [7, 11) is 0. The maximum atomic E-state index is 11.0. The lowest BCUT2D eigenvalue weighted by atomic mass is 10.1. The Kier molecular flexibility index (Phi) is 3.14. The van der Waals surface area contributed by atoms with Crippen LogP contribution >= 0.6 is 0 Å². The highest BCUT2D eigenvalue weighted by Crippen LogP contribution is 2.33. The van der Waals surface area contributed by atoms with E-state index in [0.717, 1.165) is 0 Å². The van der Waals surface area contributed by atoms with Gasteiger partial charge in [0, 0.05) is 13.1 Å². The normalized spacial score (nSPS) is 22.8. The molecule has 2 rings (SSSR count). The molecule has 0 aromatic heterocycles. The third-order valence-electron chi connectivity index (χ3n) is 2.92. The summed E-state index contributed by atoms with van der Waals surface area (Å²) < 4.78 is 0. The van der Waals surface area contributed by atoms with Gasteiger partial charge in [-0.05, 0) is 12.1 Å². The summed E-state index contributed by atoms with van der Waals surface area (Å²) in [5, 5.41) is 38.8. The highest BCUT2D eigenvalue weighted by molar-refractivity contribution is 5.70. The molecule has 1 heterocycles. The number of nitro benzene ring substituents is 1. The van der Waals surface area contributed by atoms with E-state index in [-0.39, 0.29) is 30.0 Å². The number of anilines is 1. The van der Waals surface area contributed by atoms with Gasteiger partial charge in [0.2, 0.25) is 0 Å². The largest absolute Gasteiger partial charge is 0.389 e. The molecule has 0 saturated carbocycles. The van der Waals surface area contributed by atoms with E-state index in [9.17, 15) is 20.3 Å². The average Bonchev–Trinajstić information content (AvgIpc) is 2.68. The Bertz CT molecular complexity index is 516. The predicted molar refractivity (Wildman–Crippen MR) is 62.0 cm³/mol. The van der Waals surface area contributed by atoms with Crippen molar-refractivity contribution >= 4 is 11.4 Å². The van der Waals surface area contributed by atoms with Crippen molar-refractivity contribution in [3.8, 4) is 6.07 Å². The van der Waals surface area contributed by atoms with E-state index < -0.39 is 17.1 Å². The van der Waals surface area contributed by atoms with Gasteiger partial charge in [0.15, 0.2) is 0 Å². The van der Waals surface area contributed by atoms with Gasteiger partial charge in [-0.2, -0.15) is 5.26 Å². The maximum absolute atomic E-state index is 11.0. The van der Waals surface area contributed by atoms with Gasteiger partial charge in [-0.1, -0.05) is 6.07 Å². The number of nitriles is 1. The molecular formula is C11H11N3O4. The number of nitro groups is 1. The molecule has 0 bridgehead atoms. The maximum Gasteiger partial charge on any atom is 0.310 e. The zero-order chi connectivity index (χ0) is 13.3. The van der Waals surface area contributed by atoms with E-state index in [1.807, 2.05) is 0 Å². The second-order valence-electron chi connectivity index (χ2n) is 4.08. The molecule has 0 radical (unpaired) electrons. The summed E-state index contributed by atoms with van der Waals surface area (Å²) >= 11 is 0. The molecule has 0 spiro atoms. The average molecular weight is 249 g/mol. The lowest BCUT2D eigenvalue weighted by Crippen LogP contribution is -2.22. The Balaban J connectivity index is 2.46. The molecule has 7 nitrogen and oxygen atoms in total. The molecule has 2 N–H and O–H groups in total. The van der Waals surface area contributed by atoms with Crippen LogP contribution in [-0.4, -0.2) is 40.4 Å². The van der Waals surface area contributed by atoms with Crippen molar-refractivity contribution < 1.29 is 15.1 Å². The van der Waals surface area contributed by atoms with E-state index in [1.165, 1.54) is 23.1 Å². The molecule has 1 fully saturated rings. The topological polar surface area (TPSA) is 111 Å². The van der Waals surface area contributed by atoms with Crippen molar-refractivity contribution in [2.24, 2.45) is 0 Å². The van der Waals surface area contributed by atoms with Crippen LogP contribution in [0.25, 0.3) is 0 Å². The summed E-state index contributed by atoms with van der Waals surface area (Å²) in [5.41, 5.74) is -0.0793. The van der Waals surface area contributed by atoms with Gasteiger partial charge in [0.1, 0.15) is 17.3 Å². The Hall–Kier alpha value is -2.17. The van der Waals surface area contributed by atoms with Crippen LogP contribution in [0.5, 0.6) is 0 Å². The van der Waals surface area contributed by atoms with Crippen molar-refractivity contribution in [1.29, 1.82) is 5.26 Å². The highest BCUT2D eigenvalue weighted by atomic mass is 16.6. The number of para-hydroxylation sites is 1. The van der Waals surface area contributed by atoms with Crippen LogP contribution in [0.4, 0.5) is 11.4 Å². The van der Waals surface area contributed by atoms with Crippen LogP contribution in [0.3, 0.4) is 0 Å². The fraction of sp³-hybridized carbons (Fsp3) is 0.364. The lowest BCUT2D eigenvalue weighted by Gasteiger charge is -2.17. The number of hydrogen-bond donors (Lipinski definition) is 2. The van der Waals surface area contributed by atoms with Gasteiger partial charge in [-0.25, -0.2) is 0 Å². The van der Waals surface area contributed by atoms with E-state index in [2.05, 4.69) is 0 Å². The SMILES string of the molecule is N#Cc1cccc(N2CC(O)C(O)C2)c1[N+](=O)[O-]. The van der Waals surface area contributed by atoms with E-state index >= 15 is 0 Å². The molecule has 1 aliphatic heterocycles. The van der Waals surface area contributed by atoms with Gasteiger partial charge in [-0.3, -0.25) is 10.1 Å². The summed E-state index contributed by atoms with van der Waals surface area (Å²) in [6.07, 6.45) is -1.87. The van der Waals surface area contributed by atoms with Gasteiger partial charge in [0.25, 0.3) is 0 Å². The first-order chi connectivity index (χ1) is 8.54. The first kappa shape index (κ1) is 12.3. The minimum atomic E-state index is -0.935. The predicted octanol–water partition coefficient (Wildman–Crippen LogP) is 0.00828. The fourth-order valence-electron chi connectivity index (χ4n) is 2.03. The Morgan fingerprint density at radius 3 is 2.50 bits per heavy atom. The van der Waals surface area contributed by atoms with Crippen LogP contribution < -0.4 is 4.90 Å². The van der Waals surface area contributed by atoms with E-state index in [4.69, 9.17) is 5.26 Å². The molecule has 0 amide bonds. The number of aliphatic hydroxyl groups excluding tert-OH is 2. The van der Waals surface area contributed by atoms with Crippen LogP contribution in [0.15, 0.2) is 18.2 Å². The molecule has 94 valence electrons. The lowest BCUT2D eigenvalue weighted by molar-refractivity contribution is -0.384. The van der Waals surface area contributed by atoms with Gasteiger partial charge in [0.05, 0.1) is 17.1 Å². The molecule has 1 saturated heterocycles. The van der Waals surface area contributed by atoms with E-state index in [1.54, 1.807) is 6.07 Å². The fourth-order valence-corrected chi connectivity index (χ4v) is 2.03. The van der Waals surface area contributed by atoms with E-state index in [0.29, 0.717) is 0 Å². The van der Waals surface area contributed by atoms with Gasteiger partial charge in [-0.15, -0.1) is 0 Å². The van der Waals surface area contributed by atoms with Crippen molar-refractivity contribution in [1.82, 2.24) is 0 Å². The van der Waals surface area contributed by atoms with Crippen LogP contribution in [0.1, 0.15) is 5.56 Å². The number of rotatable bonds is 2. The molecule has 2 atom stereocenters. The van der Waals surface area contributed by atoms with Gasteiger partial charge < -0.3 is 15.1 Å². The number of hydrogen-bond acceptors (Lipinski definition) is 6. The van der Waals surface area contributed by atoms with Crippen molar-refractivity contribution in [2.45, 2.75) is 12.2 Å². The summed E-state index contributed by atoms with van der Waals surface area (Å²) in [6.45, 7) is 0.216. The quantitative estimate of drug-likeness (QED) is 0.564. The minimum absolute atomic E-state index is 0.0339. The molecule has 7 heteroatoms. The first-order valence-electron chi connectivity index (χ1n) is 5.33. The van der Waals surface area contributed by atoms with Gasteiger partial charge >= 0.3 is 5.69 Å². The third-order valence-corrected chi connectivity index (χ3v) is 2.92. The highest BCUT2D eigenvalue weighted by Gasteiger charge is 2.34. The summed E-state index contributed by atoms with van der Waals surface area (Å²) in [4.78, 5) is 11.9. The molecule has 18 heavy (non-hydrogen) atoms. The third kappa shape index (κ3) is 1.99. The van der Waals surface area contributed by atoms with Crippen LogP contribution in [-0.2, 0) is 0 Å². The van der Waals surface area contributed by atoms with Crippen LogP contribution in [0.2, 0.25) is 0 Å². The molecule has 1 aliphatic rings. The molecule has 1 aromatic rings. The number of β-amino-alcohol motifs (C(OH)–C–C–N with tert-alkyl or cyclic N) is 2. The number of benzene rings is 1. The van der Waals surface area contributed by atoms with Crippen molar-refractivity contribution in [3.63, 3.8) is 0 Å². The second kappa shape index (κ2) is 4.60. The minimum Gasteiger partial charge on any atom is -0.389 e. The van der Waals surface area contributed by atoms with Crippen molar-refractivity contribution in [2.75, 3.05) is 18.0 Å². The zero-order valence-electron chi connectivity index (χ0n) is 9.35. The van der Waals surface area contributed by atoms with Crippen molar-refractivity contribution in [3.05, 3.63) is 33.9 Å². The number of aliphatic hydroxyl groups is 2. The summed E-state index contributed by atoms with van der Waals surface area (Å²) in [5.74, 6) is 0. The standard InChI is InChI=1S/C11H11N3O4/c12-4-7-2-1-3-8(11(7)14(17)18)13-5-9(15)10(16)6-13/h1-3,9-10,15-16H,5-6H2. The molecular weight excluding hydrogens is 238 g/mol.